The van der Waals surface area contributed by atoms with Crippen LogP contribution >= 0.6 is 0 Å². The van der Waals surface area contributed by atoms with Gasteiger partial charge in [-0.05, 0) is 52.3 Å². The second-order valence-corrected chi connectivity index (χ2v) is 6.80. The van der Waals surface area contributed by atoms with Crippen molar-refractivity contribution in [2.45, 2.75) is 51.6 Å². The van der Waals surface area contributed by atoms with Crippen LogP contribution in [0.15, 0.2) is 24.3 Å². The highest BCUT2D eigenvalue weighted by Crippen LogP contribution is 2.17. The molecule has 1 heterocycles. The monoisotopic (exact) mass is 303 g/mol. The third-order valence-corrected chi connectivity index (χ3v) is 3.53. The zero-order chi connectivity index (χ0) is 16.2. The van der Waals surface area contributed by atoms with Gasteiger partial charge in [-0.1, -0.05) is 12.1 Å². The minimum absolute atomic E-state index is 0.0598. The molecule has 0 aromatic heterocycles. The summed E-state index contributed by atoms with van der Waals surface area (Å²) in [4.78, 5) is 24.5. The molecule has 120 valence electrons. The number of nitrogens with one attached hydrogen (secondary N) is 3. The highest BCUT2D eigenvalue weighted by atomic mass is 16.2. The van der Waals surface area contributed by atoms with Gasteiger partial charge in [0, 0.05) is 18.0 Å². The van der Waals surface area contributed by atoms with Gasteiger partial charge >= 0.3 is 0 Å². The summed E-state index contributed by atoms with van der Waals surface area (Å²) in [6.45, 7) is 6.76. The molecule has 1 aliphatic heterocycles. The first-order chi connectivity index (χ1) is 10.3. The van der Waals surface area contributed by atoms with Crippen molar-refractivity contribution in [1.29, 1.82) is 0 Å². The van der Waals surface area contributed by atoms with E-state index < -0.39 is 0 Å². The van der Waals surface area contributed by atoms with E-state index in [-0.39, 0.29) is 23.4 Å². The first-order valence-electron chi connectivity index (χ1n) is 7.80. The van der Waals surface area contributed by atoms with Crippen LogP contribution in [0.5, 0.6) is 0 Å². The van der Waals surface area contributed by atoms with Gasteiger partial charge in [-0.15, -0.1) is 0 Å². The van der Waals surface area contributed by atoms with Gasteiger partial charge in [-0.2, -0.15) is 0 Å². The van der Waals surface area contributed by atoms with E-state index in [1.54, 1.807) is 18.2 Å². The van der Waals surface area contributed by atoms with E-state index in [2.05, 4.69) is 16.0 Å². The van der Waals surface area contributed by atoms with Crippen molar-refractivity contribution in [3.63, 3.8) is 0 Å². The maximum absolute atomic E-state index is 12.3. The van der Waals surface area contributed by atoms with Gasteiger partial charge in [0.05, 0.1) is 11.3 Å². The molecule has 1 atom stereocenters. The summed E-state index contributed by atoms with van der Waals surface area (Å²) in [6.07, 6.45) is 2.58. The number of rotatable bonds is 4. The van der Waals surface area contributed by atoms with E-state index in [1.165, 1.54) is 0 Å². The van der Waals surface area contributed by atoms with Crippen LogP contribution in [0.3, 0.4) is 0 Å². The second-order valence-electron chi connectivity index (χ2n) is 6.80. The molecule has 1 aromatic rings. The number of para-hydroxylation sites is 1. The summed E-state index contributed by atoms with van der Waals surface area (Å²) in [5, 5.41) is 9.09. The molecule has 0 saturated carbocycles. The predicted octanol–water partition coefficient (Wildman–Crippen LogP) is 2.30. The van der Waals surface area contributed by atoms with E-state index in [0.29, 0.717) is 17.7 Å². The van der Waals surface area contributed by atoms with Crippen LogP contribution < -0.4 is 16.0 Å². The van der Waals surface area contributed by atoms with Gasteiger partial charge < -0.3 is 16.0 Å². The molecular weight excluding hydrogens is 278 g/mol. The Morgan fingerprint density at radius 3 is 2.64 bits per heavy atom. The normalized spacial score (nSPS) is 18.0. The van der Waals surface area contributed by atoms with Crippen molar-refractivity contribution < 1.29 is 9.59 Å². The first-order valence-corrected chi connectivity index (χ1v) is 7.80. The van der Waals surface area contributed by atoms with Crippen LogP contribution in [0.1, 0.15) is 50.4 Å². The number of hydrogen-bond donors (Lipinski definition) is 3. The zero-order valence-corrected chi connectivity index (χ0v) is 13.5. The average molecular weight is 303 g/mol. The van der Waals surface area contributed by atoms with E-state index in [9.17, 15) is 9.59 Å². The number of anilines is 1. The van der Waals surface area contributed by atoms with Gasteiger partial charge in [0.25, 0.3) is 5.91 Å². The Morgan fingerprint density at radius 1 is 1.27 bits per heavy atom. The van der Waals surface area contributed by atoms with Gasteiger partial charge in [0.15, 0.2) is 0 Å². The van der Waals surface area contributed by atoms with Crippen molar-refractivity contribution >= 4 is 17.5 Å². The maximum atomic E-state index is 12.3. The molecule has 2 rings (SSSR count). The van der Waals surface area contributed by atoms with Crippen LogP contribution in [0.2, 0.25) is 0 Å². The van der Waals surface area contributed by atoms with E-state index in [0.717, 1.165) is 19.4 Å². The first kappa shape index (κ1) is 16.5. The van der Waals surface area contributed by atoms with Crippen LogP contribution in [0, 0.1) is 0 Å². The fourth-order valence-corrected chi connectivity index (χ4v) is 2.55. The van der Waals surface area contributed by atoms with E-state index in [4.69, 9.17) is 0 Å². The van der Waals surface area contributed by atoms with Crippen LogP contribution in [0.25, 0.3) is 0 Å². The lowest BCUT2D eigenvalue weighted by Crippen LogP contribution is -2.41. The lowest BCUT2D eigenvalue weighted by molar-refractivity contribution is -0.116. The molecule has 5 heteroatoms. The van der Waals surface area contributed by atoms with Crippen LogP contribution in [-0.2, 0) is 4.79 Å². The summed E-state index contributed by atoms with van der Waals surface area (Å²) in [7, 11) is 0. The Labute approximate surface area is 131 Å². The van der Waals surface area contributed by atoms with Crippen LogP contribution in [-0.4, -0.2) is 29.9 Å². The molecule has 22 heavy (non-hydrogen) atoms. The number of carbonyl (C=O) groups excluding carboxylic acids is 2. The zero-order valence-electron chi connectivity index (χ0n) is 13.5. The summed E-state index contributed by atoms with van der Waals surface area (Å²) in [5.41, 5.74) is 0.736. The molecule has 1 saturated heterocycles. The lowest BCUT2D eigenvalue weighted by Gasteiger charge is -2.21. The maximum Gasteiger partial charge on any atom is 0.253 e. The smallest absolute Gasteiger partial charge is 0.253 e. The van der Waals surface area contributed by atoms with E-state index in [1.807, 2.05) is 26.8 Å². The summed E-state index contributed by atoms with van der Waals surface area (Å²) in [6, 6.07) is 7.35. The van der Waals surface area contributed by atoms with Gasteiger partial charge in [0.1, 0.15) is 0 Å². The predicted molar refractivity (Wildman–Crippen MR) is 87.9 cm³/mol. The summed E-state index contributed by atoms with van der Waals surface area (Å²) >= 11 is 0. The van der Waals surface area contributed by atoms with Gasteiger partial charge in [-0.3, -0.25) is 9.59 Å². The Kier molecular flexibility index (Phi) is 5.19. The minimum Gasteiger partial charge on any atom is -0.347 e. The molecule has 0 aliphatic carbocycles. The molecule has 5 nitrogen and oxygen atoms in total. The highest BCUT2D eigenvalue weighted by Gasteiger charge is 2.21. The third kappa shape index (κ3) is 4.84. The summed E-state index contributed by atoms with van der Waals surface area (Å²) in [5.74, 6) is -0.238. The Morgan fingerprint density at radius 2 is 2.00 bits per heavy atom. The third-order valence-electron chi connectivity index (χ3n) is 3.53. The molecule has 0 spiro atoms. The second kappa shape index (κ2) is 6.92. The molecular formula is C17H25N3O2. The largest absolute Gasteiger partial charge is 0.347 e. The van der Waals surface area contributed by atoms with Crippen molar-refractivity contribution in [2.75, 3.05) is 11.9 Å². The number of benzene rings is 1. The molecule has 2 amide bonds. The number of carbonyl (C=O) groups is 2. The Hall–Kier alpha value is -1.88. The average Bonchev–Trinajstić information content (AvgIpc) is 2.90. The number of amides is 2. The van der Waals surface area contributed by atoms with Crippen molar-refractivity contribution in [3.8, 4) is 0 Å². The van der Waals surface area contributed by atoms with Crippen LogP contribution in [0.4, 0.5) is 5.69 Å². The standard InChI is InChI=1S/C17H25N3O2/c1-17(2,3)20-16(22)13-8-4-5-9-14(13)19-15(21)11-12-7-6-10-18-12/h4-5,8-9,12,18H,6-7,10-11H2,1-3H3,(H,19,21)(H,20,22). The molecule has 3 N–H and O–H groups in total. The SMILES string of the molecule is CC(C)(C)NC(=O)c1ccccc1NC(=O)CC1CCCN1. The van der Waals surface area contributed by atoms with E-state index >= 15 is 0 Å². The fourth-order valence-electron chi connectivity index (χ4n) is 2.55. The quantitative estimate of drug-likeness (QED) is 0.799. The Bertz CT molecular complexity index is 543. The fraction of sp³-hybridized carbons (Fsp3) is 0.529. The lowest BCUT2D eigenvalue weighted by atomic mass is 10.1. The molecule has 0 radical (unpaired) electrons. The molecule has 0 bridgehead atoms. The summed E-state index contributed by atoms with van der Waals surface area (Å²) < 4.78 is 0. The molecule has 1 aromatic carbocycles. The van der Waals surface area contributed by atoms with Gasteiger partial charge in [-0.25, -0.2) is 0 Å². The van der Waals surface area contributed by atoms with Crippen molar-refractivity contribution in [2.24, 2.45) is 0 Å². The van der Waals surface area contributed by atoms with Crippen molar-refractivity contribution in [3.05, 3.63) is 29.8 Å². The number of hydrogen-bond acceptors (Lipinski definition) is 3. The Balaban J connectivity index is 2.04. The van der Waals surface area contributed by atoms with Gasteiger partial charge in [0.2, 0.25) is 5.91 Å². The molecule has 1 fully saturated rings. The molecule has 1 unspecified atom stereocenters. The van der Waals surface area contributed by atoms with Crippen molar-refractivity contribution in [1.82, 2.24) is 10.6 Å². The minimum atomic E-state index is -0.317. The molecule has 1 aliphatic rings. The highest BCUT2D eigenvalue weighted by molar-refractivity contribution is 6.04. The topological polar surface area (TPSA) is 70.2 Å².